The number of carbonyl (C=O) groups excluding carboxylic acids is 1. The monoisotopic (exact) mass is 275 g/mol. The first kappa shape index (κ1) is 14.2. The van der Waals surface area contributed by atoms with Gasteiger partial charge in [-0.05, 0) is 18.6 Å². The van der Waals surface area contributed by atoms with E-state index >= 15 is 0 Å². The summed E-state index contributed by atoms with van der Waals surface area (Å²) in [5.41, 5.74) is 4.80. The number of amides is 2. The zero-order valence-electron chi connectivity index (χ0n) is 9.73. The molecular formula is C10H14FN3O3S. The Kier molecular flexibility index (Phi) is 4.49. The Labute approximate surface area is 104 Å². The van der Waals surface area contributed by atoms with Gasteiger partial charge < -0.3 is 11.1 Å². The first-order valence-electron chi connectivity index (χ1n) is 5.23. The number of rotatable bonds is 4. The molecule has 0 bridgehead atoms. The second-order valence-corrected chi connectivity index (χ2v) is 5.16. The summed E-state index contributed by atoms with van der Waals surface area (Å²) in [5, 5.41) is 2.33. The molecule has 2 amide bonds. The van der Waals surface area contributed by atoms with E-state index in [1.807, 2.05) is 6.92 Å². The maximum absolute atomic E-state index is 13.1. The molecule has 0 aliphatic heterocycles. The van der Waals surface area contributed by atoms with Gasteiger partial charge in [-0.2, -0.15) is 0 Å². The summed E-state index contributed by atoms with van der Waals surface area (Å²) < 4.78 is 38.4. The van der Waals surface area contributed by atoms with Crippen LogP contribution in [0.25, 0.3) is 0 Å². The van der Waals surface area contributed by atoms with E-state index in [0.29, 0.717) is 13.0 Å². The van der Waals surface area contributed by atoms with Crippen molar-refractivity contribution in [3.63, 3.8) is 0 Å². The van der Waals surface area contributed by atoms with Crippen LogP contribution in [0.2, 0.25) is 0 Å². The topological polar surface area (TPSA) is 101 Å². The molecule has 18 heavy (non-hydrogen) atoms. The van der Waals surface area contributed by atoms with Crippen molar-refractivity contribution in [1.29, 1.82) is 0 Å². The number of carbonyl (C=O) groups is 1. The number of nitrogens with one attached hydrogen (secondary N) is 2. The predicted octanol–water partition coefficient (Wildman–Crippen LogP) is 0.806. The minimum Gasteiger partial charge on any atom is -0.395 e. The lowest BCUT2D eigenvalue weighted by molar-refractivity contribution is 0.246. The number of urea groups is 1. The van der Waals surface area contributed by atoms with E-state index in [9.17, 15) is 17.6 Å². The maximum Gasteiger partial charge on any atom is 0.328 e. The number of halogens is 1. The highest BCUT2D eigenvalue weighted by Gasteiger charge is 2.21. The Morgan fingerprint density at radius 2 is 2.11 bits per heavy atom. The van der Waals surface area contributed by atoms with Crippen LogP contribution in [0.15, 0.2) is 23.1 Å². The Balaban J connectivity index is 2.93. The van der Waals surface area contributed by atoms with Crippen LogP contribution in [0.3, 0.4) is 0 Å². The van der Waals surface area contributed by atoms with Crippen LogP contribution in [0, 0.1) is 5.82 Å². The van der Waals surface area contributed by atoms with E-state index < -0.39 is 32.5 Å². The fraction of sp³-hybridized carbons (Fsp3) is 0.300. The highest BCUT2D eigenvalue weighted by atomic mass is 32.2. The Bertz CT molecular complexity index is 545. The van der Waals surface area contributed by atoms with Gasteiger partial charge in [-0.1, -0.05) is 13.0 Å². The Morgan fingerprint density at radius 3 is 2.72 bits per heavy atom. The third-order valence-electron chi connectivity index (χ3n) is 2.07. The summed E-state index contributed by atoms with van der Waals surface area (Å²) in [7, 11) is -4.17. The van der Waals surface area contributed by atoms with Gasteiger partial charge in [-0.25, -0.2) is 22.3 Å². The molecule has 0 unspecified atom stereocenters. The van der Waals surface area contributed by atoms with Crippen LogP contribution < -0.4 is 15.8 Å². The molecule has 4 N–H and O–H groups in total. The quantitative estimate of drug-likeness (QED) is 0.707. The van der Waals surface area contributed by atoms with Gasteiger partial charge in [0.25, 0.3) is 10.0 Å². The van der Waals surface area contributed by atoms with Crippen molar-refractivity contribution in [3.05, 3.63) is 24.0 Å². The van der Waals surface area contributed by atoms with E-state index in [-0.39, 0.29) is 0 Å². The molecular weight excluding hydrogens is 261 g/mol. The molecule has 6 nitrogen and oxygen atoms in total. The number of benzene rings is 1. The lowest BCUT2D eigenvalue weighted by Gasteiger charge is -2.10. The van der Waals surface area contributed by atoms with Gasteiger partial charge in [-0.15, -0.1) is 0 Å². The van der Waals surface area contributed by atoms with Crippen molar-refractivity contribution in [3.8, 4) is 0 Å². The summed E-state index contributed by atoms with van der Waals surface area (Å²) in [6.45, 7) is 2.15. The molecule has 1 rings (SSSR count). The minimum absolute atomic E-state index is 0.333. The average molecular weight is 275 g/mol. The Hall–Kier alpha value is -1.83. The van der Waals surface area contributed by atoms with Crippen molar-refractivity contribution in [1.82, 2.24) is 10.0 Å². The third-order valence-corrected chi connectivity index (χ3v) is 3.45. The van der Waals surface area contributed by atoms with Crippen molar-refractivity contribution >= 4 is 21.7 Å². The summed E-state index contributed by atoms with van der Waals surface area (Å²) in [6, 6.07) is 2.48. The zero-order valence-corrected chi connectivity index (χ0v) is 10.6. The highest BCUT2D eigenvalue weighted by molar-refractivity contribution is 7.90. The third kappa shape index (κ3) is 3.33. The molecule has 0 atom stereocenters. The van der Waals surface area contributed by atoms with Gasteiger partial charge in [0.15, 0.2) is 0 Å². The number of hydrogen-bond acceptors (Lipinski definition) is 4. The van der Waals surface area contributed by atoms with E-state index in [1.165, 1.54) is 6.07 Å². The molecule has 100 valence electrons. The molecule has 0 aromatic heterocycles. The summed E-state index contributed by atoms with van der Waals surface area (Å²) in [4.78, 5) is 10.8. The predicted molar refractivity (Wildman–Crippen MR) is 64.8 cm³/mol. The van der Waals surface area contributed by atoms with Crippen LogP contribution in [0.5, 0.6) is 0 Å². The molecule has 0 saturated heterocycles. The van der Waals surface area contributed by atoms with Gasteiger partial charge in [0.1, 0.15) is 10.7 Å². The number of sulfonamides is 1. The van der Waals surface area contributed by atoms with E-state index in [2.05, 4.69) is 5.32 Å². The standard InChI is InChI=1S/C10H14FN3O3S/c1-2-6-13-10(15)14-18(16,17)8-5-3-4-7(11)9(8)12/h3-5H,2,6,12H2,1H3,(H2,13,14,15). The van der Waals surface area contributed by atoms with Crippen LogP contribution in [-0.2, 0) is 10.0 Å². The molecule has 8 heteroatoms. The fourth-order valence-electron chi connectivity index (χ4n) is 1.20. The second-order valence-electron chi connectivity index (χ2n) is 3.51. The van der Waals surface area contributed by atoms with Crippen LogP contribution in [-0.4, -0.2) is 21.0 Å². The SMILES string of the molecule is CCCNC(=O)NS(=O)(=O)c1cccc(F)c1N. The van der Waals surface area contributed by atoms with Crippen LogP contribution in [0.1, 0.15) is 13.3 Å². The number of para-hydroxylation sites is 1. The van der Waals surface area contributed by atoms with E-state index in [1.54, 1.807) is 4.72 Å². The molecule has 0 spiro atoms. The Morgan fingerprint density at radius 1 is 1.44 bits per heavy atom. The molecule has 1 aromatic rings. The first-order chi connectivity index (χ1) is 8.38. The van der Waals surface area contributed by atoms with Gasteiger partial charge >= 0.3 is 6.03 Å². The van der Waals surface area contributed by atoms with Crippen LogP contribution in [0.4, 0.5) is 14.9 Å². The van der Waals surface area contributed by atoms with E-state index in [4.69, 9.17) is 5.73 Å². The lowest BCUT2D eigenvalue weighted by atomic mass is 10.3. The molecule has 1 aromatic carbocycles. The van der Waals surface area contributed by atoms with Crippen molar-refractivity contribution in [2.24, 2.45) is 0 Å². The van der Waals surface area contributed by atoms with Gasteiger partial charge in [0.2, 0.25) is 0 Å². The molecule has 0 heterocycles. The molecule has 0 saturated carbocycles. The second kappa shape index (κ2) is 5.67. The molecule has 0 radical (unpaired) electrons. The first-order valence-corrected chi connectivity index (χ1v) is 6.71. The van der Waals surface area contributed by atoms with Gasteiger partial charge in [0, 0.05) is 6.54 Å². The number of nitrogen functional groups attached to an aromatic ring is 1. The normalized spacial score (nSPS) is 11.0. The summed E-state index contributed by atoms with van der Waals surface area (Å²) in [5.74, 6) is -0.855. The smallest absolute Gasteiger partial charge is 0.328 e. The van der Waals surface area contributed by atoms with Gasteiger partial charge in [-0.3, -0.25) is 0 Å². The summed E-state index contributed by atoms with van der Waals surface area (Å²) >= 11 is 0. The number of nitrogens with two attached hydrogens (primary N) is 1. The van der Waals surface area contributed by atoms with Gasteiger partial charge in [0.05, 0.1) is 5.69 Å². The van der Waals surface area contributed by atoms with Crippen molar-refractivity contribution < 1.29 is 17.6 Å². The lowest BCUT2D eigenvalue weighted by Crippen LogP contribution is -2.39. The molecule has 0 fully saturated rings. The molecule has 0 aliphatic carbocycles. The van der Waals surface area contributed by atoms with Crippen molar-refractivity contribution in [2.75, 3.05) is 12.3 Å². The largest absolute Gasteiger partial charge is 0.395 e. The van der Waals surface area contributed by atoms with E-state index in [0.717, 1.165) is 12.1 Å². The van der Waals surface area contributed by atoms with Crippen LogP contribution >= 0.6 is 0 Å². The minimum atomic E-state index is -4.17. The average Bonchev–Trinajstić information content (AvgIpc) is 2.29. The number of hydrogen-bond donors (Lipinski definition) is 3. The summed E-state index contributed by atoms with van der Waals surface area (Å²) in [6.07, 6.45) is 0.662. The molecule has 0 aliphatic rings. The fourth-order valence-corrected chi connectivity index (χ4v) is 2.27. The number of anilines is 1. The van der Waals surface area contributed by atoms with Crippen molar-refractivity contribution in [2.45, 2.75) is 18.2 Å². The highest BCUT2D eigenvalue weighted by Crippen LogP contribution is 2.20. The maximum atomic E-state index is 13.1. The zero-order chi connectivity index (χ0) is 13.8.